The Morgan fingerprint density at radius 3 is 3.00 bits per heavy atom. The number of benzene rings is 1. The quantitative estimate of drug-likeness (QED) is 0.739. The van der Waals surface area contributed by atoms with Crippen LogP contribution in [0.4, 0.5) is 0 Å². The number of phenols is 1. The Morgan fingerprint density at radius 1 is 1.57 bits per heavy atom. The third-order valence-corrected chi connectivity index (χ3v) is 4.78. The number of likely N-dealkylation sites (tertiary alicyclic amines) is 1. The van der Waals surface area contributed by atoms with E-state index in [1.165, 1.54) is 19.6 Å². The van der Waals surface area contributed by atoms with Crippen molar-refractivity contribution < 1.29 is 14.6 Å². The summed E-state index contributed by atoms with van der Waals surface area (Å²) in [5.41, 5.74) is 0.459. The zero-order valence-electron chi connectivity index (χ0n) is 12.4. The second kappa shape index (κ2) is 7.31. The predicted octanol–water partition coefficient (Wildman–Crippen LogP) is 2.22. The largest absolute Gasteiger partial charge is 0.507 e. The van der Waals surface area contributed by atoms with Gasteiger partial charge in [0.2, 0.25) is 0 Å². The molecule has 0 spiro atoms. The number of aromatic hydroxyl groups is 1. The predicted molar refractivity (Wildman–Crippen MR) is 90.0 cm³/mol. The molecule has 1 atom stereocenters. The molecule has 6 heteroatoms. The van der Waals surface area contributed by atoms with Crippen molar-refractivity contribution in [1.29, 1.82) is 0 Å². The molecule has 0 saturated carbocycles. The molecular weight excluding hydrogens is 383 g/mol. The molecule has 0 aliphatic carbocycles. The minimum absolute atomic E-state index is 0.122. The first kappa shape index (κ1) is 16.4. The SMILES string of the molecule is CCN1CCCC1CNC(=O)c1cc(I)c(O)cc1OC. The molecule has 0 aromatic heterocycles. The standard InChI is InChI=1S/C15H21IN2O3/c1-3-18-6-4-5-10(18)9-17-15(20)11-7-12(16)13(19)8-14(11)21-2/h7-8,10,19H,3-6,9H2,1-2H3,(H,17,20). The van der Waals surface area contributed by atoms with Crippen molar-refractivity contribution in [2.75, 3.05) is 26.7 Å². The van der Waals surface area contributed by atoms with Gasteiger partial charge in [0, 0.05) is 18.7 Å². The molecule has 1 heterocycles. The number of carbonyl (C=O) groups excluding carboxylic acids is 1. The molecule has 0 bridgehead atoms. The van der Waals surface area contributed by atoms with Crippen molar-refractivity contribution in [3.8, 4) is 11.5 Å². The van der Waals surface area contributed by atoms with Crippen LogP contribution in [-0.2, 0) is 0 Å². The van der Waals surface area contributed by atoms with E-state index in [4.69, 9.17) is 4.74 Å². The Balaban J connectivity index is 2.05. The Bertz CT molecular complexity index is 522. The molecule has 1 fully saturated rings. The first-order valence-electron chi connectivity index (χ1n) is 7.15. The fourth-order valence-electron chi connectivity index (χ4n) is 2.74. The lowest BCUT2D eigenvalue weighted by molar-refractivity contribution is 0.0938. The number of amides is 1. The molecule has 1 aliphatic heterocycles. The Labute approximate surface area is 138 Å². The molecule has 2 N–H and O–H groups in total. The number of phenolic OH excluding ortho intramolecular Hbond substituents is 1. The lowest BCUT2D eigenvalue weighted by Crippen LogP contribution is -2.40. The molecule has 5 nitrogen and oxygen atoms in total. The maximum atomic E-state index is 12.3. The van der Waals surface area contributed by atoms with Crippen LogP contribution in [0, 0.1) is 3.57 Å². The number of halogens is 1. The highest BCUT2D eigenvalue weighted by atomic mass is 127. The average Bonchev–Trinajstić information content (AvgIpc) is 2.94. The lowest BCUT2D eigenvalue weighted by atomic mass is 10.1. The van der Waals surface area contributed by atoms with Crippen LogP contribution in [0.15, 0.2) is 12.1 Å². The monoisotopic (exact) mass is 404 g/mol. The zero-order valence-corrected chi connectivity index (χ0v) is 14.5. The maximum absolute atomic E-state index is 12.3. The van der Waals surface area contributed by atoms with E-state index >= 15 is 0 Å². The van der Waals surface area contributed by atoms with Crippen LogP contribution in [0.1, 0.15) is 30.1 Å². The summed E-state index contributed by atoms with van der Waals surface area (Å²) in [6.45, 7) is 4.91. The van der Waals surface area contributed by atoms with Crippen LogP contribution in [0.25, 0.3) is 0 Å². The number of rotatable bonds is 5. The number of hydrogen-bond donors (Lipinski definition) is 2. The van der Waals surface area contributed by atoms with Crippen LogP contribution in [0.5, 0.6) is 11.5 Å². The van der Waals surface area contributed by atoms with E-state index in [2.05, 4.69) is 17.1 Å². The van der Waals surface area contributed by atoms with E-state index in [9.17, 15) is 9.90 Å². The highest BCUT2D eigenvalue weighted by molar-refractivity contribution is 14.1. The molecule has 0 radical (unpaired) electrons. The molecule has 21 heavy (non-hydrogen) atoms. The zero-order chi connectivity index (χ0) is 15.4. The molecule has 1 aromatic rings. The lowest BCUT2D eigenvalue weighted by Gasteiger charge is -2.23. The van der Waals surface area contributed by atoms with Gasteiger partial charge >= 0.3 is 0 Å². The second-order valence-electron chi connectivity index (χ2n) is 5.14. The third kappa shape index (κ3) is 3.79. The number of likely N-dealkylation sites (N-methyl/N-ethyl adjacent to an activating group) is 1. The van der Waals surface area contributed by atoms with Gasteiger partial charge in [0.05, 0.1) is 16.2 Å². The Morgan fingerprint density at radius 2 is 2.33 bits per heavy atom. The van der Waals surface area contributed by atoms with Gasteiger partial charge in [-0.1, -0.05) is 6.92 Å². The van der Waals surface area contributed by atoms with E-state index in [1.54, 1.807) is 6.07 Å². The van der Waals surface area contributed by atoms with Crippen molar-refractivity contribution in [3.05, 3.63) is 21.3 Å². The van der Waals surface area contributed by atoms with E-state index in [0.29, 0.717) is 27.5 Å². The van der Waals surface area contributed by atoms with Gasteiger partial charge in [0.25, 0.3) is 5.91 Å². The Kier molecular flexibility index (Phi) is 5.69. The van der Waals surface area contributed by atoms with Crippen molar-refractivity contribution in [1.82, 2.24) is 10.2 Å². The van der Waals surface area contributed by atoms with Gasteiger partial charge in [0.15, 0.2) is 0 Å². The van der Waals surface area contributed by atoms with Crippen LogP contribution in [-0.4, -0.2) is 48.7 Å². The molecule has 1 aliphatic rings. The summed E-state index contributed by atoms with van der Waals surface area (Å²) in [6.07, 6.45) is 2.31. The molecule has 1 saturated heterocycles. The van der Waals surface area contributed by atoms with Gasteiger partial charge in [0.1, 0.15) is 11.5 Å². The first-order valence-corrected chi connectivity index (χ1v) is 8.23. The van der Waals surface area contributed by atoms with Crippen molar-refractivity contribution in [3.63, 3.8) is 0 Å². The highest BCUT2D eigenvalue weighted by Crippen LogP contribution is 2.29. The van der Waals surface area contributed by atoms with Crippen molar-refractivity contribution >= 4 is 28.5 Å². The molecule has 2 rings (SSSR count). The fraction of sp³-hybridized carbons (Fsp3) is 0.533. The topological polar surface area (TPSA) is 61.8 Å². The summed E-state index contributed by atoms with van der Waals surface area (Å²) < 4.78 is 5.82. The second-order valence-corrected chi connectivity index (χ2v) is 6.30. The van der Waals surface area contributed by atoms with Gasteiger partial charge in [-0.05, 0) is 54.6 Å². The van der Waals surface area contributed by atoms with E-state index in [-0.39, 0.29) is 11.7 Å². The Hall–Kier alpha value is -1.02. The summed E-state index contributed by atoms with van der Waals surface area (Å²) in [4.78, 5) is 14.7. The van der Waals surface area contributed by atoms with Gasteiger partial charge in [-0.15, -0.1) is 0 Å². The average molecular weight is 404 g/mol. The van der Waals surface area contributed by atoms with E-state index < -0.39 is 0 Å². The van der Waals surface area contributed by atoms with Gasteiger partial charge < -0.3 is 15.2 Å². The van der Waals surface area contributed by atoms with Crippen LogP contribution >= 0.6 is 22.6 Å². The normalized spacial score (nSPS) is 18.7. The minimum atomic E-state index is -0.160. The third-order valence-electron chi connectivity index (χ3n) is 3.92. The number of nitrogens with one attached hydrogen (secondary N) is 1. The molecular formula is C15H21IN2O3. The summed E-state index contributed by atoms with van der Waals surface area (Å²) in [6, 6.07) is 3.54. The molecule has 116 valence electrons. The van der Waals surface area contributed by atoms with E-state index in [0.717, 1.165) is 19.5 Å². The smallest absolute Gasteiger partial charge is 0.255 e. The first-order chi connectivity index (χ1) is 10.1. The van der Waals surface area contributed by atoms with Crippen LogP contribution < -0.4 is 10.1 Å². The number of methoxy groups -OCH3 is 1. The van der Waals surface area contributed by atoms with Gasteiger partial charge in [-0.3, -0.25) is 9.69 Å². The summed E-state index contributed by atoms with van der Waals surface area (Å²) in [7, 11) is 1.49. The number of ether oxygens (including phenoxy) is 1. The highest BCUT2D eigenvalue weighted by Gasteiger charge is 2.24. The van der Waals surface area contributed by atoms with Crippen molar-refractivity contribution in [2.24, 2.45) is 0 Å². The number of nitrogens with zero attached hydrogens (tertiary/aromatic N) is 1. The maximum Gasteiger partial charge on any atom is 0.255 e. The molecule has 1 unspecified atom stereocenters. The number of hydrogen-bond acceptors (Lipinski definition) is 4. The van der Waals surface area contributed by atoms with Crippen LogP contribution in [0.2, 0.25) is 0 Å². The minimum Gasteiger partial charge on any atom is -0.507 e. The molecule has 1 amide bonds. The molecule has 1 aromatic carbocycles. The van der Waals surface area contributed by atoms with Gasteiger partial charge in [-0.25, -0.2) is 0 Å². The fourth-order valence-corrected chi connectivity index (χ4v) is 3.20. The number of carbonyl (C=O) groups is 1. The summed E-state index contributed by atoms with van der Waals surface area (Å²) >= 11 is 2.00. The van der Waals surface area contributed by atoms with Crippen molar-refractivity contribution in [2.45, 2.75) is 25.8 Å². The van der Waals surface area contributed by atoms with Gasteiger partial charge in [-0.2, -0.15) is 0 Å². The summed E-state index contributed by atoms with van der Waals surface area (Å²) in [5, 5.41) is 12.7. The summed E-state index contributed by atoms with van der Waals surface area (Å²) in [5.74, 6) is 0.355. The van der Waals surface area contributed by atoms with Crippen LogP contribution in [0.3, 0.4) is 0 Å². The van der Waals surface area contributed by atoms with E-state index in [1.807, 2.05) is 22.6 Å².